The van der Waals surface area contributed by atoms with Crippen molar-refractivity contribution in [2.75, 3.05) is 26.4 Å². The van der Waals surface area contributed by atoms with Crippen LogP contribution in [0.15, 0.2) is 12.1 Å². The number of carbonyl (C=O) groups is 2. The van der Waals surface area contributed by atoms with E-state index >= 15 is 0 Å². The Morgan fingerprint density at radius 2 is 1.84 bits per heavy atom. The number of aryl methyl sites for hydroxylation is 2. The molecule has 0 aliphatic carbocycles. The summed E-state index contributed by atoms with van der Waals surface area (Å²) in [4.78, 5) is 23.6. The maximum absolute atomic E-state index is 12.0. The summed E-state index contributed by atoms with van der Waals surface area (Å²) in [5.74, 6) is 0.427. The summed E-state index contributed by atoms with van der Waals surface area (Å²) in [7, 11) is 1.56. The van der Waals surface area contributed by atoms with Gasteiger partial charge in [0, 0.05) is 18.5 Å². The third-order valence-electron chi connectivity index (χ3n) is 3.71. The van der Waals surface area contributed by atoms with E-state index in [1.165, 1.54) is 0 Å². The lowest BCUT2D eigenvalue weighted by atomic mass is 9.74. The van der Waals surface area contributed by atoms with Gasteiger partial charge in [0.2, 0.25) is 0 Å². The van der Waals surface area contributed by atoms with E-state index in [0.29, 0.717) is 25.3 Å². The van der Waals surface area contributed by atoms with E-state index in [-0.39, 0.29) is 18.9 Å². The molecule has 0 unspecified atom stereocenters. The largest absolute Gasteiger partial charge is 0.513 e. The van der Waals surface area contributed by atoms with Gasteiger partial charge in [-0.25, -0.2) is 4.79 Å². The quantitative estimate of drug-likeness (QED) is 0.315. The minimum atomic E-state index is -0.791. The van der Waals surface area contributed by atoms with E-state index in [9.17, 15) is 9.59 Å². The Hall–Kier alpha value is -1.86. The molecule has 0 amide bonds. The van der Waals surface area contributed by atoms with Crippen LogP contribution in [-0.4, -0.2) is 46.0 Å². The standard InChI is InChI=1S/C18H28BNO5/c1-12-9-13(2)16(18(3,4)11-15(19)21)14(10-12)25-17(22)24-8-7-23-6-5-20/h9-10H,5-8,11,19-20H2,1-4H3. The Balaban J connectivity index is 2.91. The van der Waals surface area contributed by atoms with Crippen molar-refractivity contribution < 1.29 is 23.8 Å². The summed E-state index contributed by atoms with van der Waals surface area (Å²) in [5, 5.41) is 0. The van der Waals surface area contributed by atoms with Crippen LogP contribution in [0.4, 0.5) is 4.79 Å². The SMILES string of the molecule is BC(=O)CC(C)(C)c1c(C)cc(C)cc1OC(=O)OCCOCCN. The van der Waals surface area contributed by atoms with Crippen molar-refractivity contribution in [2.24, 2.45) is 5.73 Å². The van der Waals surface area contributed by atoms with Crippen molar-refractivity contribution in [2.45, 2.75) is 39.5 Å². The van der Waals surface area contributed by atoms with Gasteiger partial charge < -0.3 is 24.7 Å². The third-order valence-corrected chi connectivity index (χ3v) is 3.71. The molecule has 0 aromatic heterocycles. The Kier molecular flexibility index (Phi) is 8.12. The van der Waals surface area contributed by atoms with Crippen LogP contribution in [-0.2, 0) is 19.7 Å². The first-order valence-corrected chi connectivity index (χ1v) is 8.41. The van der Waals surface area contributed by atoms with E-state index in [4.69, 9.17) is 19.9 Å². The predicted molar refractivity (Wildman–Crippen MR) is 99.0 cm³/mol. The molecule has 0 heterocycles. The fourth-order valence-corrected chi connectivity index (χ4v) is 3.08. The Labute approximate surface area is 150 Å². The van der Waals surface area contributed by atoms with Crippen molar-refractivity contribution in [3.05, 3.63) is 28.8 Å². The first-order valence-electron chi connectivity index (χ1n) is 8.41. The summed E-state index contributed by atoms with van der Waals surface area (Å²) in [5.41, 5.74) is 7.71. The van der Waals surface area contributed by atoms with Crippen LogP contribution in [0.25, 0.3) is 0 Å². The molecule has 25 heavy (non-hydrogen) atoms. The van der Waals surface area contributed by atoms with Gasteiger partial charge in [-0.3, -0.25) is 0 Å². The van der Waals surface area contributed by atoms with Crippen molar-refractivity contribution in [3.8, 4) is 5.75 Å². The zero-order valence-corrected chi connectivity index (χ0v) is 15.8. The molecule has 0 aliphatic rings. The first kappa shape index (κ1) is 21.2. The summed E-state index contributed by atoms with van der Waals surface area (Å²) >= 11 is 0. The minimum absolute atomic E-state index is 0.0792. The molecule has 6 nitrogen and oxygen atoms in total. The maximum Gasteiger partial charge on any atom is 0.513 e. The average Bonchev–Trinajstić information content (AvgIpc) is 2.44. The highest BCUT2D eigenvalue weighted by Gasteiger charge is 2.29. The molecule has 0 saturated heterocycles. The number of nitrogens with two attached hydrogens (primary N) is 1. The second-order valence-corrected chi connectivity index (χ2v) is 6.82. The third kappa shape index (κ3) is 6.88. The van der Waals surface area contributed by atoms with E-state index in [1.807, 2.05) is 33.8 Å². The summed E-state index contributed by atoms with van der Waals surface area (Å²) < 4.78 is 15.6. The Morgan fingerprint density at radius 3 is 2.44 bits per heavy atom. The molecule has 1 rings (SSSR count). The second-order valence-electron chi connectivity index (χ2n) is 6.82. The number of benzene rings is 1. The molecule has 138 valence electrons. The molecule has 1 aromatic carbocycles. The fourth-order valence-electron chi connectivity index (χ4n) is 3.08. The summed E-state index contributed by atoms with van der Waals surface area (Å²) in [6, 6.07) is 3.80. The molecule has 0 spiro atoms. The molecule has 0 fully saturated rings. The number of hydrogen-bond acceptors (Lipinski definition) is 6. The van der Waals surface area contributed by atoms with Gasteiger partial charge >= 0.3 is 6.16 Å². The molecule has 0 atom stereocenters. The van der Waals surface area contributed by atoms with Crippen LogP contribution in [0.1, 0.15) is 37.0 Å². The van der Waals surface area contributed by atoms with Crippen LogP contribution < -0.4 is 10.5 Å². The molecule has 0 aliphatic heterocycles. The molecule has 2 N–H and O–H groups in total. The van der Waals surface area contributed by atoms with E-state index < -0.39 is 11.6 Å². The molecule has 0 radical (unpaired) electrons. The van der Waals surface area contributed by atoms with Gasteiger partial charge in [0.1, 0.15) is 12.4 Å². The highest BCUT2D eigenvalue weighted by molar-refractivity contribution is 6.57. The van der Waals surface area contributed by atoms with E-state index in [1.54, 1.807) is 13.9 Å². The van der Waals surface area contributed by atoms with E-state index in [2.05, 4.69) is 0 Å². The molecule has 0 saturated carbocycles. The fraction of sp³-hybridized carbons (Fsp3) is 0.556. The van der Waals surface area contributed by atoms with Crippen molar-refractivity contribution in [3.63, 3.8) is 0 Å². The van der Waals surface area contributed by atoms with Gasteiger partial charge in [-0.1, -0.05) is 19.9 Å². The van der Waals surface area contributed by atoms with Gasteiger partial charge in [0.15, 0.2) is 7.85 Å². The lowest BCUT2D eigenvalue weighted by Crippen LogP contribution is -2.25. The van der Waals surface area contributed by atoms with E-state index in [0.717, 1.165) is 16.7 Å². The topological polar surface area (TPSA) is 87.9 Å². The van der Waals surface area contributed by atoms with Crippen LogP contribution in [0, 0.1) is 13.8 Å². The predicted octanol–water partition coefficient (Wildman–Crippen LogP) is 1.62. The number of hydrogen-bond donors (Lipinski definition) is 1. The lowest BCUT2D eigenvalue weighted by molar-refractivity contribution is -0.112. The van der Waals surface area contributed by atoms with Crippen molar-refractivity contribution in [1.29, 1.82) is 0 Å². The van der Waals surface area contributed by atoms with Crippen molar-refractivity contribution in [1.82, 2.24) is 0 Å². The highest BCUT2D eigenvalue weighted by atomic mass is 16.7. The van der Waals surface area contributed by atoms with Gasteiger partial charge in [-0.15, -0.1) is 0 Å². The summed E-state index contributed by atoms with van der Waals surface area (Å²) in [6.45, 7) is 8.99. The van der Waals surface area contributed by atoms with Crippen molar-refractivity contribution >= 4 is 19.7 Å². The van der Waals surface area contributed by atoms with Crippen LogP contribution in [0.5, 0.6) is 5.75 Å². The molecule has 7 heteroatoms. The smallest absolute Gasteiger partial charge is 0.432 e. The highest BCUT2D eigenvalue weighted by Crippen LogP contribution is 2.38. The van der Waals surface area contributed by atoms with Gasteiger partial charge in [0.05, 0.1) is 18.9 Å². The van der Waals surface area contributed by atoms with Gasteiger partial charge in [0.25, 0.3) is 0 Å². The Morgan fingerprint density at radius 1 is 1.16 bits per heavy atom. The minimum Gasteiger partial charge on any atom is -0.432 e. The van der Waals surface area contributed by atoms with Crippen LogP contribution >= 0.6 is 0 Å². The maximum atomic E-state index is 12.0. The number of carbonyl (C=O) groups excluding carboxylic acids is 2. The molecule has 1 aromatic rings. The number of rotatable bonds is 9. The zero-order valence-electron chi connectivity index (χ0n) is 15.8. The normalized spacial score (nSPS) is 11.2. The first-order chi connectivity index (χ1) is 11.7. The molecular formula is C18H28BNO5. The molecular weight excluding hydrogens is 321 g/mol. The van der Waals surface area contributed by atoms with Crippen LogP contribution in [0.3, 0.4) is 0 Å². The van der Waals surface area contributed by atoms with Crippen LogP contribution in [0.2, 0.25) is 0 Å². The lowest BCUT2D eigenvalue weighted by Gasteiger charge is -2.28. The average molecular weight is 349 g/mol. The number of ether oxygens (including phenoxy) is 3. The Bertz CT molecular complexity index is 616. The zero-order chi connectivity index (χ0) is 19.0. The summed E-state index contributed by atoms with van der Waals surface area (Å²) in [6.07, 6.45) is -0.434. The van der Waals surface area contributed by atoms with Gasteiger partial charge in [-0.2, -0.15) is 0 Å². The monoisotopic (exact) mass is 349 g/mol. The molecule has 0 bridgehead atoms. The second kappa shape index (κ2) is 9.58. The van der Waals surface area contributed by atoms with Gasteiger partial charge in [-0.05, 0) is 36.5 Å².